The number of pyridine rings is 1. The first kappa shape index (κ1) is 22.5. The number of nitrogens with zero attached hydrogens (tertiary/aromatic N) is 4. The van der Waals surface area contributed by atoms with Crippen molar-refractivity contribution in [2.45, 2.75) is 38.6 Å². The Balaban J connectivity index is 1.41. The molecule has 9 heteroatoms. The van der Waals surface area contributed by atoms with Gasteiger partial charge in [-0.2, -0.15) is 0 Å². The fourth-order valence-corrected chi connectivity index (χ4v) is 4.60. The molecular weight excluding hydrogens is 438 g/mol. The monoisotopic (exact) mass is 466 g/mol. The predicted molar refractivity (Wildman–Crippen MR) is 128 cm³/mol. The van der Waals surface area contributed by atoms with Gasteiger partial charge in [0.25, 0.3) is 0 Å². The molecule has 0 radical (unpaired) electrons. The Kier molecular flexibility index (Phi) is 6.28. The van der Waals surface area contributed by atoms with E-state index in [4.69, 9.17) is 4.74 Å². The molecule has 178 valence electrons. The summed E-state index contributed by atoms with van der Waals surface area (Å²) in [6.45, 7) is 7.12. The molecule has 1 saturated heterocycles. The lowest BCUT2D eigenvalue weighted by Crippen LogP contribution is -2.38. The van der Waals surface area contributed by atoms with Crippen molar-refractivity contribution in [3.05, 3.63) is 54.0 Å². The van der Waals surface area contributed by atoms with Crippen LogP contribution in [0.5, 0.6) is 5.75 Å². The minimum absolute atomic E-state index is 0.154. The number of anilines is 3. The fourth-order valence-electron chi connectivity index (χ4n) is 4.60. The van der Waals surface area contributed by atoms with Gasteiger partial charge in [-0.1, -0.05) is 0 Å². The molecule has 1 aromatic carbocycles. The summed E-state index contributed by atoms with van der Waals surface area (Å²) in [7, 11) is 0. The molecule has 3 aromatic rings. The third kappa shape index (κ3) is 4.52. The van der Waals surface area contributed by atoms with Gasteiger partial charge in [-0.3, -0.25) is 0 Å². The maximum Gasteiger partial charge on any atom is 0.228 e. The number of hydrogen-bond acceptors (Lipinski definition) is 7. The van der Waals surface area contributed by atoms with Gasteiger partial charge >= 0.3 is 0 Å². The highest BCUT2D eigenvalue weighted by Gasteiger charge is 2.25. The summed E-state index contributed by atoms with van der Waals surface area (Å²) in [5.74, 6) is 0.359. The SMILES string of the molecule is CC(C)N1CCOc2c(F)cc(-c3cc(Nc4ncc(C5CCNCC5)cn4)ncc3F)cc21. The van der Waals surface area contributed by atoms with Crippen molar-refractivity contribution >= 4 is 17.5 Å². The first-order chi connectivity index (χ1) is 16.5. The average molecular weight is 467 g/mol. The van der Waals surface area contributed by atoms with Crippen LogP contribution < -0.4 is 20.3 Å². The standard InChI is InChI=1S/C25H28F2N6O/c1-15(2)33-7-8-34-24-20(26)9-17(10-22(24)33)19-11-23(29-14-21(19)27)32-25-30-12-18(13-31-25)16-3-5-28-6-4-16/h9-16,28H,3-8H2,1-2H3,(H,29,30,31,32). The highest BCUT2D eigenvalue weighted by Crippen LogP contribution is 2.40. The van der Waals surface area contributed by atoms with Gasteiger partial charge in [-0.25, -0.2) is 23.7 Å². The van der Waals surface area contributed by atoms with E-state index in [1.54, 1.807) is 12.1 Å². The maximum atomic E-state index is 14.9. The van der Waals surface area contributed by atoms with Gasteiger partial charge in [0.2, 0.25) is 5.95 Å². The highest BCUT2D eigenvalue weighted by atomic mass is 19.1. The van der Waals surface area contributed by atoms with Gasteiger partial charge in [0.15, 0.2) is 11.6 Å². The van der Waals surface area contributed by atoms with Crippen molar-refractivity contribution in [1.82, 2.24) is 20.3 Å². The minimum atomic E-state index is -0.542. The topological polar surface area (TPSA) is 75.2 Å². The number of aromatic nitrogens is 3. The summed E-state index contributed by atoms with van der Waals surface area (Å²) in [5.41, 5.74) is 2.39. The molecule has 2 aliphatic heterocycles. The first-order valence-electron chi connectivity index (χ1n) is 11.7. The molecule has 0 unspecified atom stereocenters. The lowest BCUT2D eigenvalue weighted by atomic mass is 9.92. The van der Waals surface area contributed by atoms with E-state index in [-0.39, 0.29) is 17.4 Å². The Morgan fingerprint density at radius 3 is 2.53 bits per heavy atom. The third-order valence-corrected chi connectivity index (χ3v) is 6.42. The zero-order valence-corrected chi connectivity index (χ0v) is 19.3. The van der Waals surface area contributed by atoms with E-state index in [1.807, 2.05) is 26.2 Å². The number of nitrogens with one attached hydrogen (secondary N) is 2. The first-order valence-corrected chi connectivity index (χ1v) is 11.7. The Bertz CT molecular complexity index is 1160. The lowest BCUT2D eigenvalue weighted by Gasteiger charge is -2.35. The Morgan fingerprint density at radius 1 is 1.03 bits per heavy atom. The van der Waals surface area contributed by atoms with Crippen LogP contribution in [0.25, 0.3) is 11.1 Å². The Hall–Kier alpha value is -3.33. The van der Waals surface area contributed by atoms with Gasteiger partial charge in [0.1, 0.15) is 18.2 Å². The summed E-state index contributed by atoms with van der Waals surface area (Å²) < 4.78 is 35.2. The smallest absolute Gasteiger partial charge is 0.228 e. The molecule has 0 saturated carbocycles. The van der Waals surface area contributed by atoms with Crippen LogP contribution in [0.1, 0.15) is 38.2 Å². The van der Waals surface area contributed by atoms with Crippen molar-refractivity contribution in [1.29, 1.82) is 0 Å². The van der Waals surface area contributed by atoms with Crippen LogP contribution in [-0.4, -0.2) is 47.2 Å². The summed E-state index contributed by atoms with van der Waals surface area (Å²) in [4.78, 5) is 15.0. The van der Waals surface area contributed by atoms with E-state index in [2.05, 4.69) is 30.5 Å². The molecular formula is C25H28F2N6O. The minimum Gasteiger partial charge on any atom is -0.486 e. The summed E-state index contributed by atoms with van der Waals surface area (Å²) >= 11 is 0. The molecule has 2 aromatic heterocycles. The van der Waals surface area contributed by atoms with Gasteiger partial charge in [0.05, 0.1) is 18.4 Å². The van der Waals surface area contributed by atoms with Crippen molar-refractivity contribution in [2.24, 2.45) is 0 Å². The molecule has 0 amide bonds. The van der Waals surface area contributed by atoms with E-state index < -0.39 is 11.6 Å². The molecule has 0 aliphatic carbocycles. The van der Waals surface area contributed by atoms with Gasteiger partial charge in [0, 0.05) is 24.0 Å². The quantitative estimate of drug-likeness (QED) is 0.568. The molecule has 2 N–H and O–H groups in total. The number of hydrogen-bond donors (Lipinski definition) is 2. The lowest BCUT2D eigenvalue weighted by molar-refractivity contribution is 0.287. The van der Waals surface area contributed by atoms with Crippen LogP contribution in [0.2, 0.25) is 0 Å². The van der Waals surface area contributed by atoms with E-state index in [0.29, 0.717) is 42.1 Å². The fraction of sp³-hybridized carbons (Fsp3) is 0.400. The molecule has 5 rings (SSSR count). The van der Waals surface area contributed by atoms with Crippen molar-refractivity contribution in [3.63, 3.8) is 0 Å². The molecule has 0 bridgehead atoms. The van der Waals surface area contributed by atoms with Crippen LogP contribution in [0.4, 0.5) is 26.2 Å². The van der Waals surface area contributed by atoms with Crippen molar-refractivity contribution < 1.29 is 13.5 Å². The number of ether oxygens (including phenoxy) is 1. The number of halogens is 2. The Morgan fingerprint density at radius 2 is 1.79 bits per heavy atom. The van der Waals surface area contributed by atoms with E-state index in [0.717, 1.165) is 37.7 Å². The third-order valence-electron chi connectivity index (χ3n) is 6.42. The van der Waals surface area contributed by atoms with Crippen LogP contribution in [0.15, 0.2) is 36.8 Å². The van der Waals surface area contributed by atoms with Crippen molar-refractivity contribution in [2.75, 3.05) is 36.5 Å². The summed E-state index contributed by atoms with van der Waals surface area (Å²) in [5, 5.41) is 6.39. The van der Waals surface area contributed by atoms with Gasteiger partial charge in [-0.05, 0) is 75.0 Å². The summed E-state index contributed by atoms with van der Waals surface area (Å²) in [6, 6.07) is 4.77. The predicted octanol–water partition coefficient (Wildman–Crippen LogP) is 4.63. The number of benzene rings is 1. The highest BCUT2D eigenvalue weighted by molar-refractivity contribution is 5.75. The zero-order valence-electron chi connectivity index (χ0n) is 19.3. The zero-order chi connectivity index (χ0) is 23.7. The molecule has 34 heavy (non-hydrogen) atoms. The maximum absolute atomic E-state index is 14.9. The molecule has 0 spiro atoms. The second-order valence-electron chi connectivity index (χ2n) is 8.98. The van der Waals surface area contributed by atoms with Gasteiger partial charge in [-0.15, -0.1) is 0 Å². The van der Waals surface area contributed by atoms with Crippen LogP contribution in [-0.2, 0) is 0 Å². The van der Waals surface area contributed by atoms with Gasteiger partial charge < -0.3 is 20.3 Å². The largest absolute Gasteiger partial charge is 0.486 e. The molecule has 7 nitrogen and oxygen atoms in total. The molecule has 0 atom stereocenters. The van der Waals surface area contributed by atoms with E-state index in [1.165, 1.54) is 6.07 Å². The second-order valence-corrected chi connectivity index (χ2v) is 8.98. The van der Waals surface area contributed by atoms with Crippen LogP contribution >= 0.6 is 0 Å². The number of rotatable bonds is 5. The van der Waals surface area contributed by atoms with Crippen molar-refractivity contribution in [3.8, 4) is 16.9 Å². The Labute approximate surface area is 197 Å². The van der Waals surface area contributed by atoms with E-state index >= 15 is 0 Å². The van der Waals surface area contributed by atoms with Crippen LogP contribution in [0.3, 0.4) is 0 Å². The number of piperidine rings is 1. The van der Waals surface area contributed by atoms with Crippen LogP contribution in [0, 0.1) is 11.6 Å². The normalized spacial score (nSPS) is 16.3. The number of fused-ring (bicyclic) bond motifs is 1. The average Bonchev–Trinajstić information content (AvgIpc) is 2.86. The second kappa shape index (κ2) is 9.50. The molecule has 4 heterocycles. The summed E-state index contributed by atoms with van der Waals surface area (Å²) in [6.07, 6.45) is 6.91. The van der Waals surface area contributed by atoms with E-state index in [9.17, 15) is 8.78 Å². The molecule has 1 fully saturated rings. The molecule has 2 aliphatic rings.